The van der Waals surface area contributed by atoms with E-state index in [-0.39, 0.29) is 5.91 Å². The Bertz CT molecular complexity index is 1010. The largest absolute Gasteiger partial charge is 0.341 e. The fraction of sp³-hybridized carbons (Fsp3) is 0.286. The molecule has 2 aromatic carbocycles. The van der Waals surface area contributed by atoms with Crippen LogP contribution in [0, 0.1) is 18.6 Å². The van der Waals surface area contributed by atoms with E-state index in [1.807, 2.05) is 48.9 Å². The Labute approximate surface area is 164 Å². The molecule has 3 aromatic rings. The van der Waals surface area contributed by atoms with Gasteiger partial charge in [-0.15, -0.1) is 0 Å². The number of nitrogens with zero attached hydrogens (tertiary/aromatic N) is 3. The molecule has 0 fully saturated rings. The number of amides is 1. The predicted octanol–water partition coefficient (Wildman–Crippen LogP) is 4.27. The summed E-state index contributed by atoms with van der Waals surface area (Å²) >= 11 is 5.37. The van der Waals surface area contributed by atoms with Gasteiger partial charge in [0, 0.05) is 32.1 Å². The number of carbonyl (C=O) groups excluding carboxylic acids is 1. The first kappa shape index (κ1) is 19.0. The number of carbonyl (C=O) groups is 1. The van der Waals surface area contributed by atoms with Crippen molar-refractivity contribution in [3.8, 4) is 11.4 Å². The molecule has 0 atom stereocenters. The maximum Gasteiger partial charge on any atom is 0.224 e. The molecular formula is C21H24N4OS. The SMILES string of the molecule is Cc1cccc(-c2n[nH]c(=S)n2CCC(=O)N(C)Cc2ccccc2C)c1. The zero-order chi connectivity index (χ0) is 19.4. The minimum absolute atomic E-state index is 0.0801. The molecule has 0 saturated heterocycles. The van der Waals surface area contributed by atoms with Gasteiger partial charge in [-0.2, -0.15) is 5.10 Å². The van der Waals surface area contributed by atoms with Crippen LogP contribution in [0.5, 0.6) is 0 Å². The molecule has 0 radical (unpaired) electrons. The highest BCUT2D eigenvalue weighted by Gasteiger charge is 2.14. The number of aromatic nitrogens is 3. The lowest BCUT2D eigenvalue weighted by Crippen LogP contribution is -2.27. The summed E-state index contributed by atoms with van der Waals surface area (Å²) < 4.78 is 2.42. The number of benzene rings is 2. The fourth-order valence-corrected chi connectivity index (χ4v) is 3.28. The van der Waals surface area contributed by atoms with Gasteiger partial charge in [-0.1, -0.05) is 48.0 Å². The first-order valence-electron chi connectivity index (χ1n) is 8.96. The fourth-order valence-electron chi connectivity index (χ4n) is 3.06. The topological polar surface area (TPSA) is 53.9 Å². The van der Waals surface area contributed by atoms with E-state index in [1.54, 1.807) is 4.90 Å². The molecule has 0 aliphatic carbocycles. The molecule has 27 heavy (non-hydrogen) atoms. The standard InChI is InChI=1S/C21H24N4OS/c1-15-7-6-10-17(13-15)20-22-23-21(27)25(20)12-11-19(26)24(3)14-18-9-5-4-8-16(18)2/h4-10,13H,11-12,14H2,1-3H3,(H,23,27). The molecule has 1 heterocycles. The Morgan fingerprint density at radius 1 is 1.19 bits per heavy atom. The minimum atomic E-state index is 0.0801. The van der Waals surface area contributed by atoms with Crippen molar-refractivity contribution in [2.75, 3.05) is 7.05 Å². The van der Waals surface area contributed by atoms with E-state index < -0.39 is 0 Å². The molecule has 0 spiro atoms. The summed E-state index contributed by atoms with van der Waals surface area (Å²) in [4.78, 5) is 14.4. The summed E-state index contributed by atoms with van der Waals surface area (Å²) in [7, 11) is 1.84. The highest BCUT2D eigenvalue weighted by atomic mass is 32.1. The Kier molecular flexibility index (Phi) is 5.86. The molecule has 0 unspecified atom stereocenters. The third-order valence-corrected chi connectivity index (χ3v) is 4.99. The Hall–Kier alpha value is -2.73. The number of aromatic amines is 1. The van der Waals surface area contributed by atoms with E-state index in [0.29, 0.717) is 24.3 Å². The smallest absolute Gasteiger partial charge is 0.224 e. The molecule has 0 bridgehead atoms. The lowest BCUT2D eigenvalue weighted by Gasteiger charge is -2.19. The van der Waals surface area contributed by atoms with Crippen LogP contribution in [0.3, 0.4) is 0 Å². The van der Waals surface area contributed by atoms with Crippen LogP contribution in [0.4, 0.5) is 0 Å². The zero-order valence-electron chi connectivity index (χ0n) is 15.9. The van der Waals surface area contributed by atoms with Gasteiger partial charge in [0.1, 0.15) is 0 Å². The van der Waals surface area contributed by atoms with Gasteiger partial charge >= 0.3 is 0 Å². The number of nitrogens with one attached hydrogen (secondary N) is 1. The van der Waals surface area contributed by atoms with E-state index in [0.717, 1.165) is 22.5 Å². The van der Waals surface area contributed by atoms with Crippen molar-refractivity contribution in [1.82, 2.24) is 19.7 Å². The number of hydrogen-bond donors (Lipinski definition) is 1. The third kappa shape index (κ3) is 4.52. The van der Waals surface area contributed by atoms with Crippen molar-refractivity contribution in [3.05, 3.63) is 70.0 Å². The number of rotatable bonds is 6. The average molecular weight is 381 g/mol. The van der Waals surface area contributed by atoms with E-state index >= 15 is 0 Å². The van der Waals surface area contributed by atoms with Crippen LogP contribution in [0.15, 0.2) is 48.5 Å². The second-order valence-electron chi connectivity index (χ2n) is 6.80. The minimum Gasteiger partial charge on any atom is -0.341 e. The van der Waals surface area contributed by atoms with Gasteiger partial charge in [0.2, 0.25) is 5.91 Å². The van der Waals surface area contributed by atoms with Gasteiger partial charge in [0.25, 0.3) is 0 Å². The number of hydrogen-bond acceptors (Lipinski definition) is 3. The van der Waals surface area contributed by atoms with Crippen LogP contribution >= 0.6 is 12.2 Å². The van der Waals surface area contributed by atoms with Crippen LogP contribution in [-0.4, -0.2) is 32.6 Å². The summed E-state index contributed by atoms with van der Waals surface area (Å²) in [5, 5.41) is 7.20. The molecule has 0 aliphatic heterocycles. The van der Waals surface area contributed by atoms with E-state index in [2.05, 4.69) is 35.3 Å². The third-order valence-electron chi connectivity index (χ3n) is 4.68. The molecular weight excluding hydrogens is 356 g/mol. The van der Waals surface area contributed by atoms with Gasteiger partial charge in [-0.3, -0.25) is 14.5 Å². The van der Waals surface area contributed by atoms with Crippen LogP contribution in [0.1, 0.15) is 23.1 Å². The van der Waals surface area contributed by atoms with Crippen molar-refractivity contribution in [3.63, 3.8) is 0 Å². The van der Waals surface area contributed by atoms with E-state index in [1.165, 1.54) is 5.56 Å². The summed E-state index contributed by atoms with van der Waals surface area (Å²) in [6.07, 6.45) is 0.370. The van der Waals surface area contributed by atoms with Crippen molar-refractivity contribution >= 4 is 18.1 Å². The molecule has 5 nitrogen and oxygen atoms in total. The second kappa shape index (κ2) is 8.31. The molecule has 1 amide bonds. The van der Waals surface area contributed by atoms with E-state index in [9.17, 15) is 4.79 Å². The Morgan fingerprint density at radius 3 is 2.70 bits per heavy atom. The average Bonchev–Trinajstić information content (AvgIpc) is 3.02. The Balaban J connectivity index is 1.70. The zero-order valence-corrected chi connectivity index (χ0v) is 16.7. The van der Waals surface area contributed by atoms with Gasteiger partial charge in [-0.25, -0.2) is 0 Å². The second-order valence-corrected chi connectivity index (χ2v) is 7.19. The maximum absolute atomic E-state index is 12.6. The van der Waals surface area contributed by atoms with Crippen LogP contribution < -0.4 is 0 Å². The first-order chi connectivity index (χ1) is 13.0. The van der Waals surface area contributed by atoms with Gasteiger partial charge in [-0.05, 0) is 43.3 Å². The quantitative estimate of drug-likeness (QED) is 0.650. The lowest BCUT2D eigenvalue weighted by molar-refractivity contribution is -0.130. The number of aryl methyl sites for hydroxylation is 2. The summed E-state index contributed by atoms with van der Waals surface area (Å²) in [6.45, 7) is 5.20. The van der Waals surface area contributed by atoms with E-state index in [4.69, 9.17) is 12.2 Å². The summed E-state index contributed by atoms with van der Waals surface area (Å²) in [6, 6.07) is 16.2. The first-order valence-corrected chi connectivity index (χ1v) is 9.37. The summed E-state index contributed by atoms with van der Waals surface area (Å²) in [5.74, 6) is 0.842. The van der Waals surface area contributed by atoms with Crippen molar-refractivity contribution in [2.24, 2.45) is 0 Å². The lowest BCUT2D eigenvalue weighted by atomic mass is 10.1. The Morgan fingerprint density at radius 2 is 1.96 bits per heavy atom. The van der Waals surface area contributed by atoms with Crippen molar-refractivity contribution in [2.45, 2.75) is 33.4 Å². The highest BCUT2D eigenvalue weighted by molar-refractivity contribution is 7.71. The van der Waals surface area contributed by atoms with Crippen LogP contribution in [0.2, 0.25) is 0 Å². The van der Waals surface area contributed by atoms with Crippen LogP contribution in [0.25, 0.3) is 11.4 Å². The molecule has 0 saturated carbocycles. The molecule has 6 heteroatoms. The summed E-state index contributed by atoms with van der Waals surface area (Å²) in [5.41, 5.74) is 4.50. The van der Waals surface area contributed by atoms with Gasteiger partial charge < -0.3 is 4.90 Å². The van der Waals surface area contributed by atoms with Gasteiger partial charge in [0.15, 0.2) is 10.6 Å². The molecule has 3 rings (SSSR count). The number of H-pyrrole nitrogens is 1. The predicted molar refractivity (Wildman–Crippen MR) is 110 cm³/mol. The van der Waals surface area contributed by atoms with Crippen molar-refractivity contribution in [1.29, 1.82) is 0 Å². The monoisotopic (exact) mass is 380 g/mol. The van der Waals surface area contributed by atoms with Gasteiger partial charge in [0.05, 0.1) is 0 Å². The highest BCUT2D eigenvalue weighted by Crippen LogP contribution is 2.19. The van der Waals surface area contributed by atoms with Crippen LogP contribution in [-0.2, 0) is 17.9 Å². The molecule has 1 aromatic heterocycles. The molecule has 0 aliphatic rings. The normalized spacial score (nSPS) is 10.8. The maximum atomic E-state index is 12.6. The molecule has 140 valence electrons. The molecule has 1 N–H and O–H groups in total. The van der Waals surface area contributed by atoms with Crippen molar-refractivity contribution < 1.29 is 4.79 Å².